The fraction of sp³-hybridized carbons (Fsp3) is 0.250. The summed E-state index contributed by atoms with van der Waals surface area (Å²) < 4.78 is 0. The molecule has 0 heterocycles. The van der Waals surface area contributed by atoms with Crippen LogP contribution >= 0.6 is 11.6 Å². The van der Waals surface area contributed by atoms with Crippen molar-refractivity contribution in [2.75, 3.05) is 0 Å². The minimum atomic E-state index is -0.914. The molecule has 0 amide bonds. The summed E-state index contributed by atoms with van der Waals surface area (Å²) in [7, 11) is 0. The van der Waals surface area contributed by atoms with Gasteiger partial charge in [-0.15, -0.1) is 0 Å². The molecule has 2 aromatic carbocycles. The highest BCUT2D eigenvalue weighted by atomic mass is 35.5. The summed E-state index contributed by atoms with van der Waals surface area (Å²) in [4.78, 5) is 0. The molecule has 0 radical (unpaired) electrons. The van der Waals surface area contributed by atoms with E-state index < -0.39 is 5.60 Å². The van der Waals surface area contributed by atoms with E-state index in [0.717, 1.165) is 16.7 Å². The average molecular weight is 261 g/mol. The molecule has 0 bridgehead atoms. The van der Waals surface area contributed by atoms with Crippen LogP contribution in [0.2, 0.25) is 5.02 Å². The quantitative estimate of drug-likeness (QED) is 0.840. The highest BCUT2D eigenvalue weighted by molar-refractivity contribution is 6.30. The van der Waals surface area contributed by atoms with Gasteiger partial charge in [0.1, 0.15) is 0 Å². The third kappa shape index (κ3) is 2.58. The summed E-state index contributed by atoms with van der Waals surface area (Å²) in [6, 6.07) is 13.8. The molecule has 0 spiro atoms. The van der Waals surface area contributed by atoms with Crippen molar-refractivity contribution < 1.29 is 5.11 Å². The molecule has 1 N–H and O–H groups in total. The number of hydrogen-bond acceptors (Lipinski definition) is 1. The first-order valence-electron chi connectivity index (χ1n) is 5.98. The Morgan fingerprint density at radius 2 is 1.67 bits per heavy atom. The van der Waals surface area contributed by atoms with Gasteiger partial charge in [0.15, 0.2) is 0 Å². The van der Waals surface area contributed by atoms with Crippen LogP contribution in [-0.2, 0) is 5.60 Å². The van der Waals surface area contributed by atoms with Gasteiger partial charge in [-0.05, 0) is 55.2 Å². The molecule has 0 aliphatic rings. The summed E-state index contributed by atoms with van der Waals surface area (Å²) in [5.74, 6) is 0. The van der Waals surface area contributed by atoms with E-state index in [9.17, 15) is 5.11 Å². The van der Waals surface area contributed by atoms with Crippen LogP contribution in [0.3, 0.4) is 0 Å². The molecule has 94 valence electrons. The Labute approximate surface area is 113 Å². The highest BCUT2D eigenvalue weighted by Crippen LogP contribution is 2.34. The Bertz CT molecular complexity index is 568. The van der Waals surface area contributed by atoms with Crippen LogP contribution in [0.1, 0.15) is 25.0 Å². The highest BCUT2D eigenvalue weighted by Gasteiger charge is 2.21. The van der Waals surface area contributed by atoms with E-state index in [1.54, 1.807) is 13.8 Å². The van der Waals surface area contributed by atoms with Crippen molar-refractivity contribution in [1.82, 2.24) is 0 Å². The first-order valence-corrected chi connectivity index (χ1v) is 6.36. The van der Waals surface area contributed by atoms with Crippen molar-refractivity contribution in [1.29, 1.82) is 0 Å². The Kier molecular flexibility index (Phi) is 3.47. The van der Waals surface area contributed by atoms with E-state index in [1.165, 1.54) is 5.56 Å². The monoisotopic (exact) mass is 260 g/mol. The van der Waals surface area contributed by atoms with Gasteiger partial charge in [0.2, 0.25) is 0 Å². The van der Waals surface area contributed by atoms with Gasteiger partial charge in [0, 0.05) is 5.02 Å². The topological polar surface area (TPSA) is 20.2 Å². The van der Waals surface area contributed by atoms with Crippen LogP contribution in [0.25, 0.3) is 11.1 Å². The van der Waals surface area contributed by atoms with Crippen LogP contribution in [0.4, 0.5) is 0 Å². The SMILES string of the molecule is Cc1ccccc1-c1ccc(Cl)cc1C(C)(C)O. The molecule has 2 rings (SSSR count). The average Bonchev–Trinajstić information content (AvgIpc) is 2.29. The number of benzene rings is 2. The van der Waals surface area contributed by atoms with Crippen LogP contribution in [-0.4, -0.2) is 5.11 Å². The predicted octanol–water partition coefficient (Wildman–Crippen LogP) is 4.54. The number of hydrogen-bond donors (Lipinski definition) is 1. The minimum Gasteiger partial charge on any atom is -0.386 e. The molecule has 2 heteroatoms. The molecule has 0 aliphatic carbocycles. The molecule has 0 fully saturated rings. The number of rotatable bonds is 2. The molecule has 1 nitrogen and oxygen atoms in total. The molecule has 0 atom stereocenters. The maximum Gasteiger partial charge on any atom is 0.0847 e. The van der Waals surface area contributed by atoms with E-state index >= 15 is 0 Å². The van der Waals surface area contributed by atoms with Gasteiger partial charge in [-0.2, -0.15) is 0 Å². The normalized spacial score (nSPS) is 11.6. The van der Waals surface area contributed by atoms with Crippen LogP contribution in [0.15, 0.2) is 42.5 Å². The molecule has 0 saturated carbocycles. The lowest BCUT2D eigenvalue weighted by Gasteiger charge is -2.23. The van der Waals surface area contributed by atoms with Gasteiger partial charge in [0.05, 0.1) is 5.60 Å². The molecule has 0 unspecified atom stereocenters. The summed E-state index contributed by atoms with van der Waals surface area (Å²) in [6.45, 7) is 5.62. The van der Waals surface area contributed by atoms with Gasteiger partial charge in [0.25, 0.3) is 0 Å². The van der Waals surface area contributed by atoms with Gasteiger partial charge in [-0.1, -0.05) is 41.9 Å². The number of aliphatic hydroxyl groups is 1. The lowest BCUT2D eigenvalue weighted by molar-refractivity contribution is 0.0792. The van der Waals surface area contributed by atoms with Crippen LogP contribution in [0.5, 0.6) is 0 Å². The first kappa shape index (κ1) is 13.1. The predicted molar refractivity (Wildman–Crippen MR) is 76.9 cm³/mol. The van der Waals surface area contributed by atoms with Gasteiger partial charge < -0.3 is 5.11 Å². The van der Waals surface area contributed by atoms with E-state index in [2.05, 4.69) is 19.1 Å². The molecule has 0 saturated heterocycles. The number of halogens is 1. The Hall–Kier alpha value is -1.31. The van der Waals surface area contributed by atoms with E-state index in [4.69, 9.17) is 11.6 Å². The molecular weight excluding hydrogens is 244 g/mol. The fourth-order valence-corrected chi connectivity index (χ4v) is 2.30. The fourth-order valence-electron chi connectivity index (χ4n) is 2.13. The zero-order valence-electron chi connectivity index (χ0n) is 10.9. The zero-order valence-corrected chi connectivity index (χ0v) is 11.6. The second kappa shape index (κ2) is 4.75. The molecule has 0 aliphatic heterocycles. The van der Waals surface area contributed by atoms with Crippen molar-refractivity contribution in [3.63, 3.8) is 0 Å². The van der Waals surface area contributed by atoms with E-state index in [1.807, 2.05) is 30.3 Å². The third-order valence-corrected chi connectivity index (χ3v) is 3.31. The van der Waals surface area contributed by atoms with Crippen molar-refractivity contribution in [3.05, 3.63) is 58.6 Å². The summed E-state index contributed by atoms with van der Waals surface area (Å²) >= 11 is 6.04. The maximum atomic E-state index is 10.3. The summed E-state index contributed by atoms with van der Waals surface area (Å²) in [5.41, 5.74) is 3.29. The molecule has 2 aromatic rings. The first-order chi connectivity index (χ1) is 8.39. The second-order valence-corrected chi connectivity index (χ2v) is 5.50. The molecular formula is C16H17ClO. The third-order valence-electron chi connectivity index (χ3n) is 3.08. The number of aryl methyl sites for hydroxylation is 1. The van der Waals surface area contributed by atoms with Crippen molar-refractivity contribution in [2.24, 2.45) is 0 Å². The van der Waals surface area contributed by atoms with Crippen LogP contribution < -0.4 is 0 Å². The van der Waals surface area contributed by atoms with Gasteiger partial charge in [-0.3, -0.25) is 0 Å². The summed E-state index contributed by atoms with van der Waals surface area (Å²) in [5, 5.41) is 10.9. The lowest BCUT2D eigenvalue weighted by atomic mass is 9.88. The molecule has 18 heavy (non-hydrogen) atoms. The van der Waals surface area contributed by atoms with Gasteiger partial charge >= 0.3 is 0 Å². The smallest absolute Gasteiger partial charge is 0.0847 e. The standard InChI is InChI=1S/C16H17ClO/c1-11-6-4-5-7-13(11)14-9-8-12(17)10-15(14)16(2,3)18/h4-10,18H,1-3H3. The van der Waals surface area contributed by atoms with Crippen LogP contribution in [0, 0.1) is 6.92 Å². The molecule has 0 aromatic heterocycles. The van der Waals surface area contributed by atoms with E-state index in [0.29, 0.717) is 5.02 Å². The van der Waals surface area contributed by atoms with E-state index in [-0.39, 0.29) is 0 Å². The van der Waals surface area contributed by atoms with Gasteiger partial charge in [-0.25, -0.2) is 0 Å². The maximum absolute atomic E-state index is 10.3. The van der Waals surface area contributed by atoms with Crippen molar-refractivity contribution in [2.45, 2.75) is 26.4 Å². The lowest BCUT2D eigenvalue weighted by Crippen LogP contribution is -2.17. The largest absolute Gasteiger partial charge is 0.386 e. The Morgan fingerprint density at radius 1 is 1.00 bits per heavy atom. The summed E-state index contributed by atoms with van der Waals surface area (Å²) in [6.07, 6.45) is 0. The van der Waals surface area contributed by atoms with Crippen molar-refractivity contribution >= 4 is 11.6 Å². The zero-order chi connectivity index (χ0) is 13.3. The second-order valence-electron chi connectivity index (χ2n) is 5.06. The Morgan fingerprint density at radius 3 is 2.28 bits per heavy atom. The Balaban J connectivity index is 2.69. The minimum absolute atomic E-state index is 0.643. The van der Waals surface area contributed by atoms with Crippen molar-refractivity contribution in [3.8, 4) is 11.1 Å².